The molecule has 0 spiro atoms. The van der Waals surface area contributed by atoms with Crippen LogP contribution in [-0.2, 0) is 4.79 Å². The maximum absolute atomic E-state index is 11.2. The molecule has 0 aromatic rings. The first-order valence-electron chi connectivity index (χ1n) is 7.60. The average Bonchev–Trinajstić information content (AvgIpc) is 2.35. The monoisotopic (exact) mass is 273 g/mol. The molecule has 0 saturated heterocycles. The lowest BCUT2D eigenvalue weighted by Gasteiger charge is -2.04. The highest BCUT2D eigenvalue weighted by atomic mass is 32.2. The Bertz CT molecular complexity index is 195. The third kappa shape index (κ3) is 12.4. The Hall–Kier alpha value is -0.0200. The third-order valence-corrected chi connectivity index (χ3v) is 4.26. The van der Waals surface area contributed by atoms with Crippen molar-refractivity contribution < 1.29 is 4.79 Å². The number of nitrogens with two attached hydrogens (primary N) is 1. The molecule has 0 fully saturated rings. The van der Waals surface area contributed by atoms with Crippen LogP contribution >= 0.6 is 11.8 Å². The summed E-state index contributed by atoms with van der Waals surface area (Å²) < 4.78 is 0. The van der Waals surface area contributed by atoms with Gasteiger partial charge in [0.05, 0.1) is 6.04 Å². The van der Waals surface area contributed by atoms with Crippen LogP contribution in [0.4, 0.5) is 0 Å². The van der Waals surface area contributed by atoms with Gasteiger partial charge in [-0.3, -0.25) is 4.79 Å². The van der Waals surface area contributed by atoms with Crippen LogP contribution in [0.15, 0.2) is 0 Å². The van der Waals surface area contributed by atoms with Gasteiger partial charge in [0.1, 0.15) is 0 Å². The third-order valence-electron chi connectivity index (χ3n) is 3.11. The lowest BCUT2D eigenvalue weighted by Crippen LogP contribution is -2.24. The fraction of sp³-hybridized carbons (Fsp3) is 0.933. The normalized spacial score (nSPS) is 12.6. The SMILES string of the molecule is CCCCCCCCCCCCSC(=O)C(C)N. The van der Waals surface area contributed by atoms with Gasteiger partial charge in [-0.05, 0) is 13.3 Å². The number of carbonyl (C=O) groups excluding carboxylic acids is 1. The molecule has 2 N–H and O–H groups in total. The first-order valence-corrected chi connectivity index (χ1v) is 8.59. The van der Waals surface area contributed by atoms with Crippen molar-refractivity contribution >= 4 is 16.9 Å². The molecule has 0 aliphatic carbocycles. The highest BCUT2D eigenvalue weighted by Crippen LogP contribution is 2.13. The van der Waals surface area contributed by atoms with E-state index < -0.39 is 0 Å². The molecule has 0 radical (unpaired) electrons. The summed E-state index contributed by atoms with van der Waals surface area (Å²) >= 11 is 1.40. The molecule has 18 heavy (non-hydrogen) atoms. The topological polar surface area (TPSA) is 43.1 Å². The predicted octanol–water partition coefficient (Wildman–Crippen LogP) is 4.51. The molecule has 0 saturated carbocycles. The van der Waals surface area contributed by atoms with E-state index in [4.69, 9.17) is 5.73 Å². The zero-order valence-corrected chi connectivity index (χ0v) is 13.1. The van der Waals surface area contributed by atoms with E-state index in [1.807, 2.05) is 0 Å². The molecule has 2 nitrogen and oxygen atoms in total. The molecule has 1 atom stereocenters. The summed E-state index contributed by atoms with van der Waals surface area (Å²) in [6, 6.07) is -0.307. The van der Waals surface area contributed by atoms with Gasteiger partial charge >= 0.3 is 0 Å². The van der Waals surface area contributed by atoms with Crippen molar-refractivity contribution in [3.05, 3.63) is 0 Å². The Balaban J connectivity index is 3.05. The summed E-state index contributed by atoms with van der Waals surface area (Å²) in [6.45, 7) is 4.02. The Labute approximate surface area is 117 Å². The zero-order valence-electron chi connectivity index (χ0n) is 12.2. The van der Waals surface area contributed by atoms with Gasteiger partial charge in [0, 0.05) is 5.75 Å². The van der Waals surface area contributed by atoms with Crippen LogP contribution in [0.5, 0.6) is 0 Å². The Kier molecular flexibility index (Phi) is 13.4. The number of hydrogen-bond acceptors (Lipinski definition) is 3. The number of carbonyl (C=O) groups is 1. The fourth-order valence-corrected chi connectivity index (χ4v) is 2.71. The molecule has 0 bridgehead atoms. The summed E-state index contributed by atoms with van der Waals surface area (Å²) in [5.41, 5.74) is 5.50. The van der Waals surface area contributed by atoms with Gasteiger partial charge in [0.15, 0.2) is 0 Å². The highest BCUT2D eigenvalue weighted by molar-refractivity contribution is 8.13. The Morgan fingerprint density at radius 3 is 1.83 bits per heavy atom. The lowest BCUT2D eigenvalue weighted by atomic mass is 10.1. The van der Waals surface area contributed by atoms with E-state index in [1.165, 1.54) is 69.5 Å². The zero-order chi connectivity index (χ0) is 13.6. The van der Waals surface area contributed by atoms with Crippen molar-refractivity contribution in [1.29, 1.82) is 0 Å². The molecule has 0 aromatic heterocycles. The van der Waals surface area contributed by atoms with E-state index in [1.54, 1.807) is 6.92 Å². The molecule has 0 aliphatic heterocycles. The molecule has 1 unspecified atom stereocenters. The second-order valence-corrected chi connectivity index (χ2v) is 6.24. The Morgan fingerprint density at radius 1 is 0.944 bits per heavy atom. The maximum atomic E-state index is 11.2. The van der Waals surface area contributed by atoms with Crippen LogP contribution in [0.25, 0.3) is 0 Å². The molecule has 0 aromatic carbocycles. The van der Waals surface area contributed by atoms with E-state index >= 15 is 0 Å². The van der Waals surface area contributed by atoms with Crippen molar-refractivity contribution in [2.45, 2.75) is 84.1 Å². The average molecular weight is 273 g/mol. The molecular weight excluding hydrogens is 242 g/mol. The molecule has 0 rings (SSSR count). The van der Waals surface area contributed by atoms with Crippen molar-refractivity contribution in [2.24, 2.45) is 5.73 Å². The number of thioether (sulfide) groups is 1. The minimum atomic E-state index is -0.307. The second kappa shape index (κ2) is 13.4. The molecule has 0 aliphatic rings. The fourth-order valence-electron chi connectivity index (χ4n) is 1.89. The van der Waals surface area contributed by atoms with Crippen LogP contribution < -0.4 is 5.73 Å². The molecule has 0 heterocycles. The van der Waals surface area contributed by atoms with Gasteiger partial charge in [0.2, 0.25) is 5.12 Å². The standard InChI is InChI=1S/C15H31NOS/c1-3-4-5-6-7-8-9-10-11-12-13-18-15(17)14(2)16/h14H,3-13,16H2,1-2H3. The molecular formula is C15H31NOS. The van der Waals surface area contributed by atoms with E-state index in [9.17, 15) is 4.79 Å². The van der Waals surface area contributed by atoms with Gasteiger partial charge in [-0.1, -0.05) is 76.5 Å². The van der Waals surface area contributed by atoms with Crippen LogP contribution in [0.1, 0.15) is 78.1 Å². The summed E-state index contributed by atoms with van der Waals surface area (Å²) in [5.74, 6) is 0.941. The maximum Gasteiger partial charge on any atom is 0.205 e. The quantitative estimate of drug-likeness (QED) is 0.532. The van der Waals surface area contributed by atoms with Gasteiger partial charge < -0.3 is 5.73 Å². The summed E-state index contributed by atoms with van der Waals surface area (Å²) in [6.07, 6.45) is 13.4. The van der Waals surface area contributed by atoms with E-state index in [-0.39, 0.29) is 11.2 Å². The van der Waals surface area contributed by atoms with Crippen molar-refractivity contribution in [2.75, 3.05) is 5.75 Å². The van der Waals surface area contributed by atoms with Crippen LogP contribution in [0.2, 0.25) is 0 Å². The summed E-state index contributed by atoms with van der Waals surface area (Å²) in [7, 11) is 0. The lowest BCUT2D eigenvalue weighted by molar-refractivity contribution is -0.111. The first kappa shape index (κ1) is 18.0. The van der Waals surface area contributed by atoms with Crippen molar-refractivity contribution in [3.63, 3.8) is 0 Å². The minimum absolute atomic E-state index is 0.130. The first-order chi connectivity index (χ1) is 8.68. The predicted molar refractivity (Wildman–Crippen MR) is 83.0 cm³/mol. The number of rotatable bonds is 12. The van der Waals surface area contributed by atoms with Crippen LogP contribution in [0, 0.1) is 0 Å². The summed E-state index contributed by atoms with van der Waals surface area (Å²) in [5, 5.41) is 0.130. The largest absolute Gasteiger partial charge is 0.321 e. The van der Waals surface area contributed by atoms with Crippen LogP contribution in [0.3, 0.4) is 0 Å². The smallest absolute Gasteiger partial charge is 0.205 e. The van der Waals surface area contributed by atoms with Crippen molar-refractivity contribution in [1.82, 2.24) is 0 Å². The molecule has 0 amide bonds. The van der Waals surface area contributed by atoms with Gasteiger partial charge in [-0.2, -0.15) is 0 Å². The molecule has 108 valence electrons. The van der Waals surface area contributed by atoms with Gasteiger partial charge in [-0.25, -0.2) is 0 Å². The van der Waals surface area contributed by atoms with Crippen molar-refractivity contribution in [3.8, 4) is 0 Å². The van der Waals surface area contributed by atoms with E-state index in [0.29, 0.717) is 0 Å². The minimum Gasteiger partial charge on any atom is -0.321 e. The molecule has 3 heteroatoms. The highest BCUT2D eigenvalue weighted by Gasteiger charge is 2.06. The van der Waals surface area contributed by atoms with E-state index in [0.717, 1.165) is 12.2 Å². The number of hydrogen-bond donors (Lipinski definition) is 1. The number of unbranched alkanes of at least 4 members (excludes halogenated alkanes) is 9. The Morgan fingerprint density at radius 2 is 1.39 bits per heavy atom. The second-order valence-electron chi connectivity index (χ2n) is 5.14. The summed E-state index contributed by atoms with van der Waals surface area (Å²) in [4.78, 5) is 11.2. The van der Waals surface area contributed by atoms with Crippen LogP contribution in [-0.4, -0.2) is 16.9 Å². The van der Waals surface area contributed by atoms with E-state index in [2.05, 4.69) is 6.92 Å². The van der Waals surface area contributed by atoms with Gasteiger partial charge in [0.25, 0.3) is 0 Å². The van der Waals surface area contributed by atoms with Gasteiger partial charge in [-0.15, -0.1) is 0 Å².